The zero-order valence-electron chi connectivity index (χ0n) is 8.36. The van der Waals surface area contributed by atoms with Crippen molar-refractivity contribution < 1.29 is 8.42 Å². The molecule has 0 aliphatic rings. The maximum absolute atomic E-state index is 11.6. The quantitative estimate of drug-likeness (QED) is 0.655. The van der Waals surface area contributed by atoms with Gasteiger partial charge in [-0.2, -0.15) is 13.5 Å². The van der Waals surface area contributed by atoms with E-state index in [-0.39, 0.29) is 4.90 Å². The molecule has 1 rings (SSSR count). The molecule has 6 heteroatoms. The Labute approximate surface area is 94.0 Å². The van der Waals surface area contributed by atoms with E-state index >= 15 is 0 Å². The zero-order valence-corrected chi connectivity index (χ0v) is 9.93. The Morgan fingerprint density at radius 1 is 1.27 bits per heavy atom. The fourth-order valence-corrected chi connectivity index (χ4v) is 1.85. The Kier molecular flexibility index (Phi) is 3.71. The van der Waals surface area contributed by atoms with E-state index in [9.17, 15) is 8.42 Å². The number of sulfonamides is 1. The van der Waals surface area contributed by atoms with Gasteiger partial charge in [-0.3, -0.25) is 0 Å². The number of hydrogen-bond donors (Lipinski definition) is 1. The monoisotopic (exact) mass is 246 g/mol. The second kappa shape index (κ2) is 4.63. The molecule has 1 aromatic rings. The molecule has 0 spiro atoms. The zero-order chi connectivity index (χ0) is 11.5. The first kappa shape index (κ1) is 12.0. The topological polar surface area (TPSA) is 58.5 Å². The summed E-state index contributed by atoms with van der Waals surface area (Å²) in [7, 11) is -3.57. The van der Waals surface area contributed by atoms with Gasteiger partial charge in [-0.25, -0.2) is 4.83 Å². The molecule has 0 unspecified atom stereocenters. The molecule has 1 aromatic carbocycles. The van der Waals surface area contributed by atoms with Crippen molar-refractivity contribution in [3.05, 3.63) is 29.3 Å². The van der Waals surface area contributed by atoms with Crippen LogP contribution in [-0.4, -0.2) is 14.1 Å². The number of hydrogen-bond acceptors (Lipinski definition) is 3. The number of benzene rings is 1. The Hall–Kier alpha value is -1.07. The van der Waals surface area contributed by atoms with Gasteiger partial charge in [-0.1, -0.05) is 11.6 Å². The standard InChI is InChI=1S/C9H11ClN2O2S/c1-7(2)11-12-15(13,14)9-5-3-8(10)4-6-9/h3-6,12H,1-2H3. The van der Waals surface area contributed by atoms with Crippen molar-refractivity contribution in [3.63, 3.8) is 0 Å². The molecule has 0 heterocycles. The molecule has 0 amide bonds. The van der Waals surface area contributed by atoms with Gasteiger partial charge in [0.05, 0.1) is 4.90 Å². The molecule has 0 aromatic heterocycles. The normalized spacial score (nSPS) is 10.9. The second-order valence-electron chi connectivity index (χ2n) is 3.11. The van der Waals surface area contributed by atoms with E-state index in [1.807, 2.05) is 0 Å². The first-order valence-electron chi connectivity index (χ1n) is 4.20. The van der Waals surface area contributed by atoms with Crippen LogP contribution >= 0.6 is 11.6 Å². The van der Waals surface area contributed by atoms with Crippen molar-refractivity contribution in [1.29, 1.82) is 0 Å². The molecule has 0 atom stereocenters. The molecule has 0 fully saturated rings. The average Bonchev–Trinajstić information content (AvgIpc) is 2.16. The van der Waals surface area contributed by atoms with Gasteiger partial charge in [0.15, 0.2) is 0 Å². The summed E-state index contributed by atoms with van der Waals surface area (Å²) in [5.74, 6) is 0. The van der Waals surface area contributed by atoms with Gasteiger partial charge in [0.25, 0.3) is 10.0 Å². The van der Waals surface area contributed by atoms with Gasteiger partial charge in [-0.15, -0.1) is 0 Å². The van der Waals surface area contributed by atoms with Gasteiger partial charge in [-0.05, 0) is 38.1 Å². The third-order valence-corrected chi connectivity index (χ3v) is 2.99. The highest BCUT2D eigenvalue weighted by molar-refractivity contribution is 7.89. The largest absolute Gasteiger partial charge is 0.276 e. The highest BCUT2D eigenvalue weighted by Gasteiger charge is 2.11. The molecular weight excluding hydrogens is 236 g/mol. The lowest BCUT2D eigenvalue weighted by Crippen LogP contribution is -2.19. The van der Waals surface area contributed by atoms with Crippen molar-refractivity contribution in [2.45, 2.75) is 18.7 Å². The van der Waals surface area contributed by atoms with Crippen LogP contribution in [0.15, 0.2) is 34.3 Å². The molecule has 0 bridgehead atoms. The van der Waals surface area contributed by atoms with E-state index in [4.69, 9.17) is 11.6 Å². The summed E-state index contributed by atoms with van der Waals surface area (Å²) < 4.78 is 23.2. The lowest BCUT2D eigenvalue weighted by atomic mass is 10.4. The van der Waals surface area contributed by atoms with Gasteiger partial charge in [0, 0.05) is 10.7 Å². The summed E-state index contributed by atoms with van der Waals surface area (Å²) >= 11 is 5.65. The predicted molar refractivity (Wildman–Crippen MR) is 60.6 cm³/mol. The average molecular weight is 247 g/mol. The maximum atomic E-state index is 11.6. The Balaban J connectivity index is 2.97. The Morgan fingerprint density at radius 3 is 2.27 bits per heavy atom. The van der Waals surface area contributed by atoms with E-state index in [0.29, 0.717) is 10.7 Å². The van der Waals surface area contributed by atoms with Crippen LogP contribution in [0.5, 0.6) is 0 Å². The first-order chi connectivity index (χ1) is 6.92. The minimum atomic E-state index is -3.57. The first-order valence-corrected chi connectivity index (χ1v) is 6.06. The van der Waals surface area contributed by atoms with Crippen LogP contribution in [0.1, 0.15) is 13.8 Å². The minimum Gasteiger partial charge on any atom is -0.200 e. The summed E-state index contributed by atoms with van der Waals surface area (Å²) in [6.45, 7) is 3.40. The Bertz CT molecular complexity index is 461. The molecule has 0 aliphatic heterocycles. The number of hydrazone groups is 1. The molecule has 82 valence electrons. The van der Waals surface area contributed by atoms with Crippen LogP contribution in [0.25, 0.3) is 0 Å². The van der Waals surface area contributed by atoms with Crippen LogP contribution in [0.4, 0.5) is 0 Å². The van der Waals surface area contributed by atoms with Gasteiger partial charge < -0.3 is 0 Å². The lowest BCUT2D eigenvalue weighted by molar-refractivity contribution is 0.584. The smallest absolute Gasteiger partial charge is 0.200 e. The molecule has 1 N–H and O–H groups in total. The van der Waals surface area contributed by atoms with Crippen LogP contribution in [0.3, 0.4) is 0 Å². The van der Waals surface area contributed by atoms with Crippen molar-refractivity contribution in [2.24, 2.45) is 5.10 Å². The number of nitrogens with zero attached hydrogens (tertiary/aromatic N) is 1. The SMILES string of the molecule is CC(C)=NNS(=O)(=O)c1ccc(Cl)cc1. The molecule has 0 saturated carbocycles. The molecule has 0 radical (unpaired) electrons. The predicted octanol–water partition coefficient (Wildman–Crippen LogP) is 2.01. The van der Waals surface area contributed by atoms with Gasteiger partial charge >= 0.3 is 0 Å². The number of nitrogens with one attached hydrogen (secondary N) is 1. The summed E-state index contributed by atoms with van der Waals surface area (Å²) in [6, 6.07) is 5.87. The van der Waals surface area contributed by atoms with E-state index in [1.165, 1.54) is 24.3 Å². The maximum Gasteiger partial charge on any atom is 0.276 e. The van der Waals surface area contributed by atoms with E-state index in [1.54, 1.807) is 13.8 Å². The highest BCUT2D eigenvalue weighted by Crippen LogP contribution is 2.13. The molecular formula is C9H11ClN2O2S. The number of rotatable bonds is 3. The summed E-state index contributed by atoms with van der Waals surface area (Å²) in [4.78, 5) is 2.25. The summed E-state index contributed by atoms with van der Waals surface area (Å²) in [5.41, 5.74) is 0.632. The van der Waals surface area contributed by atoms with Crippen molar-refractivity contribution in [1.82, 2.24) is 4.83 Å². The highest BCUT2D eigenvalue weighted by atomic mass is 35.5. The van der Waals surface area contributed by atoms with Crippen LogP contribution in [0, 0.1) is 0 Å². The molecule has 0 aliphatic carbocycles. The number of halogens is 1. The third kappa shape index (κ3) is 3.53. The van der Waals surface area contributed by atoms with Crippen molar-refractivity contribution >= 4 is 27.3 Å². The van der Waals surface area contributed by atoms with Gasteiger partial charge in [0.1, 0.15) is 0 Å². The molecule has 15 heavy (non-hydrogen) atoms. The third-order valence-electron chi connectivity index (χ3n) is 1.51. The molecule has 4 nitrogen and oxygen atoms in total. The fourth-order valence-electron chi connectivity index (χ4n) is 0.818. The van der Waals surface area contributed by atoms with Crippen LogP contribution in [-0.2, 0) is 10.0 Å². The summed E-state index contributed by atoms with van der Waals surface area (Å²) in [6.07, 6.45) is 0. The minimum absolute atomic E-state index is 0.136. The Morgan fingerprint density at radius 2 is 1.80 bits per heavy atom. The van der Waals surface area contributed by atoms with Crippen LogP contribution in [0.2, 0.25) is 5.02 Å². The lowest BCUT2D eigenvalue weighted by Gasteiger charge is -2.03. The van der Waals surface area contributed by atoms with Crippen LogP contribution < -0.4 is 4.83 Å². The summed E-state index contributed by atoms with van der Waals surface area (Å²) in [5, 5.41) is 4.13. The van der Waals surface area contributed by atoms with Crippen molar-refractivity contribution in [3.8, 4) is 0 Å². The van der Waals surface area contributed by atoms with Gasteiger partial charge in [0.2, 0.25) is 0 Å². The van der Waals surface area contributed by atoms with E-state index in [0.717, 1.165) is 0 Å². The fraction of sp³-hybridized carbons (Fsp3) is 0.222. The second-order valence-corrected chi connectivity index (χ2v) is 5.20. The van der Waals surface area contributed by atoms with E-state index in [2.05, 4.69) is 9.93 Å². The van der Waals surface area contributed by atoms with E-state index < -0.39 is 10.0 Å². The molecule has 0 saturated heterocycles. The van der Waals surface area contributed by atoms with Crippen molar-refractivity contribution in [2.75, 3.05) is 0 Å².